The fourth-order valence-corrected chi connectivity index (χ4v) is 4.02. The first kappa shape index (κ1) is 16.0. The molecule has 1 aliphatic rings. The van der Waals surface area contributed by atoms with E-state index >= 15 is 0 Å². The SMILES string of the molecule is Fc1ccc(-c2cc3ncnc(Nc4ccc5c(c4)OCCO5)c3s2)cc1. The summed E-state index contributed by atoms with van der Waals surface area (Å²) < 4.78 is 25.3. The van der Waals surface area contributed by atoms with Crippen molar-refractivity contribution >= 4 is 33.1 Å². The highest BCUT2D eigenvalue weighted by Gasteiger charge is 2.14. The van der Waals surface area contributed by atoms with E-state index in [0.29, 0.717) is 13.2 Å². The Hall–Kier alpha value is -3.19. The van der Waals surface area contributed by atoms with E-state index in [-0.39, 0.29) is 5.82 Å². The predicted octanol–water partition coefficient (Wildman–Crippen LogP) is 5.01. The molecule has 0 saturated heterocycles. The number of ether oxygens (including phenoxy) is 2. The smallest absolute Gasteiger partial charge is 0.163 e. The van der Waals surface area contributed by atoms with Crippen LogP contribution in [0.1, 0.15) is 0 Å². The van der Waals surface area contributed by atoms with Crippen LogP contribution in [-0.2, 0) is 0 Å². The molecule has 7 heteroatoms. The summed E-state index contributed by atoms with van der Waals surface area (Å²) in [5, 5.41) is 3.33. The molecule has 2 aromatic heterocycles. The van der Waals surface area contributed by atoms with E-state index in [4.69, 9.17) is 9.47 Å². The zero-order chi connectivity index (χ0) is 18.2. The van der Waals surface area contributed by atoms with Gasteiger partial charge < -0.3 is 14.8 Å². The quantitative estimate of drug-likeness (QED) is 0.542. The summed E-state index contributed by atoms with van der Waals surface area (Å²) in [7, 11) is 0. The molecule has 5 nitrogen and oxygen atoms in total. The van der Waals surface area contributed by atoms with E-state index in [0.717, 1.165) is 43.7 Å². The number of hydrogen-bond acceptors (Lipinski definition) is 6. The van der Waals surface area contributed by atoms with Crippen LogP contribution < -0.4 is 14.8 Å². The Morgan fingerprint density at radius 1 is 0.926 bits per heavy atom. The second-order valence-corrected chi connectivity index (χ2v) is 7.09. The van der Waals surface area contributed by atoms with Gasteiger partial charge in [-0.3, -0.25) is 0 Å². The molecule has 1 aliphatic heterocycles. The van der Waals surface area contributed by atoms with Crippen molar-refractivity contribution in [2.24, 2.45) is 0 Å². The average Bonchev–Trinajstić information content (AvgIpc) is 3.14. The molecule has 0 spiro atoms. The van der Waals surface area contributed by atoms with Gasteiger partial charge in [-0.1, -0.05) is 12.1 Å². The van der Waals surface area contributed by atoms with E-state index in [1.807, 2.05) is 24.3 Å². The highest BCUT2D eigenvalue weighted by Crippen LogP contribution is 2.38. The summed E-state index contributed by atoms with van der Waals surface area (Å²) in [5.74, 6) is 1.93. The maximum absolute atomic E-state index is 13.2. The number of benzene rings is 2. The van der Waals surface area contributed by atoms with Gasteiger partial charge in [0, 0.05) is 16.6 Å². The molecule has 1 N–H and O–H groups in total. The number of fused-ring (bicyclic) bond motifs is 2. The van der Waals surface area contributed by atoms with Gasteiger partial charge in [-0.05, 0) is 35.9 Å². The Morgan fingerprint density at radius 3 is 2.59 bits per heavy atom. The normalized spacial score (nSPS) is 12.9. The van der Waals surface area contributed by atoms with Crippen molar-refractivity contribution < 1.29 is 13.9 Å². The summed E-state index contributed by atoms with van der Waals surface area (Å²) in [6.07, 6.45) is 1.53. The van der Waals surface area contributed by atoms with E-state index < -0.39 is 0 Å². The Balaban J connectivity index is 1.51. The van der Waals surface area contributed by atoms with Gasteiger partial charge in [0.05, 0.1) is 10.2 Å². The molecule has 0 bridgehead atoms. The fraction of sp³-hybridized carbons (Fsp3) is 0.100. The molecule has 0 atom stereocenters. The minimum absolute atomic E-state index is 0.249. The van der Waals surface area contributed by atoms with Crippen molar-refractivity contribution in [2.45, 2.75) is 0 Å². The Labute approximate surface area is 158 Å². The molecule has 3 heterocycles. The van der Waals surface area contributed by atoms with Crippen molar-refractivity contribution in [2.75, 3.05) is 18.5 Å². The lowest BCUT2D eigenvalue weighted by Crippen LogP contribution is -2.15. The Morgan fingerprint density at radius 2 is 1.74 bits per heavy atom. The van der Waals surface area contributed by atoms with Gasteiger partial charge in [-0.25, -0.2) is 14.4 Å². The molecule has 134 valence electrons. The van der Waals surface area contributed by atoms with Crippen molar-refractivity contribution in [3.05, 3.63) is 60.7 Å². The molecule has 0 unspecified atom stereocenters. The monoisotopic (exact) mass is 379 g/mol. The van der Waals surface area contributed by atoms with Crippen molar-refractivity contribution in [3.63, 3.8) is 0 Å². The Bertz CT molecular complexity index is 1130. The average molecular weight is 379 g/mol. The van der Waals surface area contributed by atoms with Gasteiger partial charge in [0.2, 0.25) is 0 Å². The largest absolute Gasteiger partial charge is 0.486 e. The van der Waals surface area contributed by atoms with Gasteiger partial charge >= 0.3 is 0 Å². The number of rotatable bonds is 3. The third-order valence-corrected chi connectivity index (χ3v) is 5.42. The zero-order valence-corrected chi connectivity index (χ0v) is 14.9. The molecule has 0 amide bonds. The van der Waals surface area contributed by atoms with Gasteiger partial charge in [0.15, 0.2) is 17.3 Å². The first-order valence-corrected chi connectivity index (χ1v) is 9.25. The summed E-state index contributed by atoms with van der Waals surface area (Å²) in [6.45, 7) is 1.10. The van der Waals surface area contributed by atoms with Gasteiger partial charge in [-0.15, -0.1) is 11.3 Å². The van der Waals surface area contributed by atoms with E-state index in [9.17, 15) is 4.39 Å². The molecular formula is C20H14FN3O2S. The third kappa shape index (κ3) is 3.06. The van der Waals surface area contributed by atoms with Crippen LogP contribution in [0.15, 0.2) is 54.9 Å². The summed E-state index contributed by atoms with van der Waals surface area (Å²) in [6, 6.07) is 14.1. The molecule has 2 aromatic carbocycles. The molecule has 5 rings (SSSR count). The summed E-state index contributed by atoms with van der Waals surface area (Å²) >= 11 is 1.56. The molecule has 0 aliphatic carbocycles. The maximum Gasteiger partial charge on any atom is 0.163 e. The number of nitrogens with zero attached hydrogens (tertiary/aromatic N) is 2. The number of halogens is 1. The number of hydrogen-bond donors (Lipinski definition) is 1. The Kier molecular flexibility index (Phi) is 3.86. The van der Waals surface area contributed by atoms with Crippen LogP contribution in [-0.4, -0.2) is 23.2 Å². The highest BCUT2D eigenvalue weighted by atomic mass is 32.1. The molecule has 4 aromatic rings. The van der Waals surface area contributed by atoms with E-state index in [1.165, 1.54) is 18.5 Å². The van der Waals surface area contributed by atoms with Crippen LogP contribution in [0.5, 0.6) is 11.5 Å². The van der Waals surface area contributed by atoms with E-state index in [2.05, 4.69) is 15.3 Å². The van der Waals surface area contributed by atoms with Gasteiger partial charge in [-0.2, -0.15) is 0 Å². The minimum atomic E-state index is -0.249. The first-order valence-electron chi connectivity index (χ1n) is 8.43. The van der Waals surface area contributed by atoms with Crippen LogP contribution in [0.25, 0.3) is 20.7 Å². The minimum Gasteiger partial charge on any atom is -0.486 e. The van der Waals surface area contributed by atoms with Crippen molar-refractivity contribution in [1.29, 1.82) is 0 Å². The zero-order valence-electron chi connectivity index (χ0n) is 14.1. The van der Waals surface area contributed by atoms with Crippen LogP contribution in [0.3, 0.4) is 0 Å². The third-order valence-electron chi connectivity index (χ3n) is 4.24. The van der Waals surface area contributed by atoms with E-state index in [1.54, 1.807) is 23.5 Å². The van der Waals surface area contributed by atoms with Crippen LogP contribution in [0.4, 0.5) is 15.9 Å². The van der Waals surface area contributed by atoms with Gasteiger partial charge in [0.1, 0.15) is 25.4 Å². The lowest BCUT2D eigenvalue weighted by molar-refractivity contribution is 0.171. The fourth-order valence-electron chi connectivity index (χ4n) is 2.96. The molecular weight excluding hydrogens is 365 g/mol. The lowest BCUT2D eigenvalue weighted by Gasteiger charge is -2.19. The molecule has 0 radical (unpaired) electrons. The maximum atomic E-state index is 13.2. The number of nitrogens with one attached hydrogen (secondary N) is 1. The highest BCUT2D eigenvalue weighted by molar-refractivity contribution is 7.22. The first-order chi connectivity index (χ1) is 13.3. The number of thiophene rings is 1. The van der Waals surface area contributed by atoms with Crippen molar-refractivity contribution in [1.82, 2.24) is 9.97 Å². The van der Waals surface area contributed by atoms with Crippen LogP contribution >= 0.6 is 11.3 Å². The topological polar surface area (TPSA) is 56.3 Å². The van der Waals surface area contributed by atoms with Crippen LogP contribution in [0, 0.1) is 5.82 Å². The number of anilines is 2. The second kappa shape index (κ2) is 6.51. The molecule has 27 heavy (non-hydrogen) atoms. The summed E-state index contributed by atoms with van der Waals surface area (Å²) in [5.41, 5.74) is 2.65. The second-order valence-electron chi connectivity index (χ2n) is 6.04. The standard InChI is InChI=1S/C20H14FN3O2S/c21-13-3-1-12(2-4-13)18-10-15-19(27-18)20(23-11-22-15)24-14-5-6-16-17(9-14)26-8-7-25-16/h1-6,9-11H,7-8H2,(H,22,23,24). The number of aromatic nitrogens is 2. The lowest BCUT2D eigenvalue weighted by atomic mass is 10.2. The summed E-state index contributed by atoms with van der Waals surface area (Å²) in [4.78, 5) is 9.76. The van der Waals surface area contributed by atoms with Crippen LogP contribution in [0.2, 0.25) is 0 Å². The molecule has 0 fully saturated rings. The molecule has 0 saturated carbocycles. The van der Waals surface area contributed by atoms with Gasteiger partial charge in [0.25, 0.3) is 0 Å². The van der Waals surface area contributed by atoms with Crippen molar-refractivity contribution in [3.8, 4) is 21.9 Å². The predicted molar refractivity (Wildman–Crippen MR) is 104 cm³/mol.